The third-order valence-electron chi connectivity index (χ3n) is 6.14. The van der Waals surface area contributed by atoms with E-state index in [0.29, 0.717) is 17.8 Å². The lowest BCUT2D eigenvalue weighted by Crippen LogP contribution is -2.15. The fraction of sp³-hybridized carbons (Fsp3) is 0.100. The van der Waals surface area contributed by atoms with Gasteiger partial charge < -0.3 is 20.9 Å². The maximum atomic E-state index is 14.1. The molecule has 44 heavy (non-hydrogen) atoms. The minimum absolute atomic E-state index is 0.0304. The number of nitrogens with zero attached hydrogens (tertiary/aromatic N) is 3. The first kappa shape index (κ1) is 30.3. The van der Waals surface area contributed by atoms with Gasteiger partial charge in [0.15, 0.2) is 11.6 Å². The Morgan fingerprint density at radius 3 is 2.57 bits per heavy atom. The summed E-state index contributed by atoms with van der Waals surface area (Å²) in [6.07, 6.45) is -3.41. The third kappa shape index (κ3) is 6.41. The van der Waals surface area contributed by atoms with Gasteiger partial charge in [0, 0.05) is 17.8 Å². The van der Waals surface area contributed by atoms with Crippen molar-refractivity contribution in [3.8, 4) is 23.3 Å². The number of aliphatic hydroxyl groups is 1. The van der Waals surface area contributed by atoms with Crippen LogP contribution >= 0.6 is 11.6 Å². The Kier molecular flexibility index (Phi) is 8.39. The number of hydrogen-bond donors (Lipinski definition) is 3. The maximum Gasteiger partial charge on any atom is 0.416 e. The summed E-state index contributed by atoms with van der Waals surface area (Å²) in [5.74, 6) is 2.04. The van der Waals surface area contributed by atoms with Crippen LogP contribution in [-0.4, -0.2) is 32.4 Å². The van der Waals surface area contributed by atoms with Crippen LogP contribution in [0.5, 0.6) is 11.5 Å². The Hall–Kier alpha value is -5.19. The van der Waals surface area contributed by atoms with Crippen molar-refractivity contribution in [1.29, 1.82) is 0 Å². The molecule has 0 atom stereocenters. The highest BCUT2D eigenvalue weighted by molar-refractivity contribution is 6.32. The highest BCUT2D eigenvalue weighted by atomic mass is 35.5. The normalized spacial score (nSPS) is 11.2. The number of amides is 1. The van der Waals surface area contributed by atoms with Crippen molar-refractivity contribution >= 4 is 39.9 Å². The van der Waals surface area contributed by atoms with E-state index in [9.17, 15) is 31.9 Å². The topological polar surface area (TPSA) is 115 Å². The lowest BCUT2D eigenvalue weighted by molar-refractivity contribution is -0.137. The van der Waals surface area contributed by atoms with Gasteiger partial charge in [-0.1, -0.05) is 23.6 Å². The van der Waals surface area contributed by atoms with Crippen molar-refractivity contribution in [1.82, 2.24) is 14.8 Å². The maximum absolute atomic E-state index is 14.1. The van der Waals surface area contributed by atoms with Gasteiger partial charge in [-0.3, -0.25) is 9.48 Å². The van der Waals surface area contributed by atoms with Gasteiger partial charge in [-0.25, -0.2) is 13.8 Å². The molecule has 5 aromatic rings. The zero-order valence-corrected chi connectivity index (χ0v) is 23.0. The summed E-state index contributed by atoms with van der Waals surface area (Å²) < 4.78 is 75.7. The Morgan fingerprint density at radius 2 is 1.86 bits per heavy atom. The number of pyridine rings is 1. The van der Waals surface area contributed by atoms with Gasteiger partial charge in [0.05, 0.1) is 45.9 Å². The van der Waals surface area contributed by atoms with Gasteiger partial charge in [0.25, 0.3) is 5.91 Å². The molecule has 0 fully saturated rings. The van der Waals surface area contributed by atoms with E-state index in [1.807, 2.05) is 0 Å². The van der Waals surface area contributed by atoms with Gasteiger partial charge in [0.1, 0.15) is 23.1 Å². The lowest BCUT2D eigenvalue weighted by Gasteiger charge is -2.17. The number of nitrogens with two attached hydrogens (primary N) is 1. The third-order valence-corrected chi connectivity index (χ3v) is 6.45. The summed E-state index contributed by atoms with van der Waals surface area (Å²) in [4.78, 5) is 17.4. The molecule has 0 radical (unpaired) electrons. The molecular formula is C30H19ClF5N5O3. The smallest absolute Gasteiger partial charge is 0.416 e. The predicted octanol–water partition coefficient (Wildman–Crippen LogP) is 6.40. The van der Waals surface area contributed by atoms with Crippen molar-refractivity contribution in [2.45, 2.75) is 12.7 Å². The van der Waals surface area contributed by atoms with Gasteiger partial charge in [-0.05, 0) is 54.5 Å². The number of ether oxygens (including phenoxy) is 1. The molecule has 0 bridgehead atoms. The molecule has 8 nitrogen and oxygen atoms in total. The second-order valence-electron chi connectivity index (χ2n) is 9.18. The molecule has 4 N–H and O–H groups in total. The molecule has 0 saturated heterocycles. The van der Waals surface area contributed by atoms with Crippen LogP contribution in [0.4, 0.5) is 33.5 Å². The number of fused-ring (bicyclic) bond motifs is 1. The number of carbonyl (C=O) groups is 1. The monoisotopic (exact) mass is 627 g/mol. The fourth-order valence-corrected chi connectivity index (χ4v) is 4.41. The van der Waals surface area contributed by atoms with E-state index in [1.54, 1.807) is 18.2 Å². The lowest BCUT2D eigenvalue weighted by atomic mass is 10.1. The fourth-order valence-electron chi connectivity index (χ4n) is 4.25. The predicted molar refractivity (Wildman–Crippen MR) is 152 cm³/mol. The molecule has 14 heteroatoms. The molecule has 0 aliphatic carbocycles. The Balaban J connectivity index is 1.74. The number of nitrogens with one attached hydrogen (secondary N) is 1. The van der Waals surface area contributed by atoms with E-state index in [2.05, 4.69) is 27.2 Å². The quantitative estimate of drug-likeness (QED) is 0.148. The van der Waals surface area contributed by atoms with Gasteiger partial charge in [-0.15, -0.1) is 0 Å². The molecule has 224 valence electrons. The van der Waals surface area contributed by atoms with E-state index in [1.165, 1.54) is 23.0 Å². The van der Waals surface area contributed by atoms with Crippen LogP contribution in [0.15, 0.2) is 66.9 Å². The standard InChI is InChI=1S/C30H19ClF5N5O3/c31-22-7-5-19(32)15-24(22)44-27-23(39-29(43)17-11-18(30(34,35)36)14-20(33)12-17)13-16(4-6-21-3-1-2-8-38-21)26-25(27)28(37)40-41(26)9-10-42/h1-3,5,7-8,11-15,42H,9-10H2,(H2,37,40)(H,39,43). The molecule has 0 unspecified atom stereocenters. The van der Waals surface area contributed by atoms with Crippen molar-refractivity contribution in [3.05, 3.63) is 106 Å². The van der Waals surface area contributed by atoms with Gasteiger partial charge >= 0.3 is 6.18 Å². The molecule has 1 amide bonds. The van der Waals surface area contributed by atoms with E-state index in [-0.39, 0.29) is 63.7 Å². The van der Waals surface area contributed by atoms with Gasteiger partial charge in [-0.2, -0.15) is 18.3 Å². The summed E-state index contributed by atoms with van der Waals surface area (Å²) in [6.45, 7) is -0.393. The summed E-state index contributed by atoms with van der Waals surface area (Å²) in [6, 6.07) is 11.0. The number of benzene rings is 3. The second-order valence-corrected chi connectivity index (χ2v) is 9.59. The number of hydrogen-bond acceptors (Lipinski definition) is 6. The average Bonchev–Trinajstić information content (AvgIpc) is 3.30. The highest BCUT2D eigenvalue weighted by Gasteiger charge is 2.32. The van der Waals surface area contributed by atoms with Gasteiger partial charge in [0.2, 0.25) is 0 Å². The van der Waals surface area contributed by atoms with Crippen LogP contribution < -0.4 is 15.8 Å². The first-order chi connectivity index (χ1) is 20.9. The summed E-state index contributed by atoms with van der Waals surface area (Å²) >= 11 is 6.23. The number of alkyl halides is 3. The number of aliphatic hydroxyl groups excluding tert-OH is 1. The zero-order chi connectivity index (χ0) is 31.6. The van der Waals surface area contributed by atoms with E-state index in [0.717, 1.165) is 12.1 Å². The molecular weight excluding hydrogens is 609 g/mol. The first-order valence-electron chi connectivity index (χ1n) is 12.6. The number of aromatic nitrogens is 3. The molecule has 2 heterocycles. The van der Waals surface area contributed by atoms with Crippen molar-refractivity contribution < 1.29 is 36.6 Å². The Labute approximate surface area is 250 Å². The minimum Gasteiger partial charge on any atom is -0.453 e. The van der Waals surface area contributed by atoms with Crippen LogP contribution in [0, 0.1) is 23.5 Å². The number of halogens is 6. The van der Waals surface area contributed by atoms with E-state index >= 15 is 0 Å². The molecule has 5 rings (SSSR count). The van der Waals surface area contributed by atoms with Crippen LogP contribution in [0.25, 0.3) is 10.9 Å². The SMILES string of the molecule is Nc1nn(CCO)c2c(C#Cc3ccccn3)cc(NC(=O)c3cc(F)cc(C(F)(F)F)c3)c(Oc3cc(F)ccc3Cl)c12. The average molecular weight is 628 g/mol. The number of anilines is 2. The van der Waals surface area contributed by atoms with Crippen molar-refractivity contribution in [3.63, 3.8) is 0 Å². The summed E-state index contributed by atoms with van der Waals surface area (Å²) in [5.41, 5.74) is 4.83. The molecule has 0 spiro atoms. The van der Waals surface area contributed by atoms with E-state index in [4.69, 9.17) is 22.1 Å². The molecule has 2 aromatic heterocycles. The van der Waals surface area contributed by atoms with Crippen LogP contribution in [0.1, 0.15) is 27.2 Å². The number of carbonyl (C=O) groups excluding carboxylic acids is 1. The molecule has 3 aromatic carbocycles. The van der Waals surface area contributed by atoms with Crippen LogP contribution in [0.3, 0.4) is 0 Å². The second kappa shape index (κ2) is 12.2. The molecule has 0 aliphatic heterocycles. The zero-order valence-electron chi connectivity index (χ0n) is 22.2. The Morgan fingerprint density at radius 1 is 1.07 bits per heavy atom. The largest absolute Gasteiger partial charge is 0.453 e. The minimum atomic E-state index is -4.93. The first-order valence-corrected chi connectivity index (χ1v) is 13.0. The molecule has 0 aliphatic rings. The van der Waals surface area contributed by atoms with Crippen LogP contribution in [0.2, 0.25) is 5.02 Å². The number of nitrogen functional groups attached to an aromatic ring is 1. The van der Waals surface area contributed by atoms with Crippen molar-refractivity contribution in [2.75, 3.05) is 17.7 Å². The molecule has 0 saturated carbocycles. The van der Waals surface area contributed by atoms with Crippen LogP contribution in [-0.2, 0) is 12.7 Å². The Bertz CT molecular complexity index is 1950. The highest BCUT2D eigenvalue weighted by Crippen LogP contribution is 2.44. The van der Waals surface area contributed by atoms with Crippen molar-refractivity contribution in [2.24, 2.45) is 0 Å². The summed E-state index contributed by atoms with van der Waals surface area (Å²) in [5, 5.41) is 16.3. The van der Waals surface area contributed by atoms with E-state index < -0.39 is 34.8 Å². The number of rotatable bonds is 6. The summed E-state index contributed by atoms with van der Waals surface area (Å²) in [7, 11) is 0.